The van der Waals surface area contributed by atoms with Crippen LogP contribution >= 0.6 is 0 Å². The molecule has 0 radical (unpaired) electrons. The molecule has 0 saturated heterocycles. The number of nitrogens with one attached hydrogen (secondary N) is 1. The lowest BCUT2D eigenvalue weighted by atomic mass is 10.0. The molecule has 3 rings (SSSR count). The largest absolute Gasteiger partial charge is 0.497 e. The van der Waals surface area contributed by atoms with Crippen LogP contribution in [0.25, 0.3) is 0 Å². The Balaban J connectivity index is 2.12. The molecule has 0 heterocycles. The van der Waals surface area contributed by atoms with E-state index in [4.69, 9.17) is 4.74 Å². The minimum absolute atomic E-state index is 0.0217. The number of hydrogen-bond acceptors (Lipinski definition) is 5. The van der Waals surface area contributed by atoms with E-state index in [1.807, 2.05) is 44.2 Å². The van der Waals surface area contributed by atoms with E-state index in [2.05, 4.69) is 5.32 Å². The second kappa shape index (κ2) is 14.1. The van der Waals surface area contributed by atoms with Crippen LogP contribution in [0.2, 0.25) is 0 Å². The quantitative estimate of drug-likeness (QED) is 0.331. The van der Waals surface area contributed by atoms with E-state index in [9.17, 15) is 22.4 Å². The van der Waals surface area contributed by atoms with E-state index in [0.717, 1.165) is 20.2 Å². The third kappa shape index (κ3) is 8.27. The van der Waals surface area contributed by atoms with Gasteiger partial charge in [-0.25, -0.2) is 8.70 Å². The molecule has 9 nitrogen and oxygen atoms in total. The van der Waals surface area contributed by atoms with Gasteiger partial charge in [0.15, 0.2) is 0 Å². The van der Waals surface area contributed by atoms with Gasteiger partial charge in [-0.05, 0) is 49.2 Å². The third-order valence-corrected chi connectivity index (χ3v) is 8.13. The molecule has 0 spiro atoms. The number of benzene rings is 3. The summed E-state index contributed by atoms with van der Waals surface area (Å²) in [6, 6.07) is 20.4. The molecule has 3 aromatic carbocycles. The van der Waals surface area contributed by atoms with E-state index in [-0.39, 0.29) is 24.7 Å². The predicted molar refractivity (Wildman–Crippen MR) is 157 cm³/mol. The minimum atomic E-state index is -4.29. The Hall–Kier alpha value is -3.96. The molecule has 220 valence electrons. The van der Waals surface area contributed by atoms with Crippen molar-refractivity contribution in [2.45, 2.75) is 38.9 Å². The van der Waals surface area contributed by atoms with Crippen LogP contribution < -0.4 is 14.4 Å². The van der Waals surface area contributed by atoms with Crippen LogP contribution in [0.1, 0.15) is 25.0 Å². The highest BCUT2D eigenvalue weighted by molar-refractivity contribution is 7.90. The summed E-state index contributed by atoms with van der Waals surface area (Å²) in [5.41, 5.74) is 1.20. The van der Waals surface area contributed by atoms with Crippen molar-refractivity contribution < 1.29 is 27.1 Å². The first kappa shape index (κ1) is 31.6. The van der Waals surface area contributed by atoms with E-state index in [0.29, 0.717) is 11.3 Å². The van der Waals surface area contributed by atoms with Crippen LogP contribution in [-0.4, -0.2) is 69.3 Å². The normalized spacial score (nSPS) is 12.2. The zero-order valence-corrected chi connectivity index (χ0v) is 24.8. The topological polar surface area (TPSA) is 99.3 Å². The molecule has 0 aliphatic heterocycles. The fraction of sp³-hybridized carbons (Fsp3) is 0.333. The summed E-state index contributed by atoms with van der Waals surface area (Å²) in [7, 11) is -0.166. The fourth-order valence-electron chi connectivity index (χ4n) is 4.26. The second-order valence-corrected chi connectivity index (χ2v) is 12.1. The Labute approximate surface area is 241 Å². The smallest absolute Gasteiger partial charge is 0.304 e. The average Bonchev–Trinajstić information content (AvgIpc) is 2.94. The van der Waals surface area contributed by atoms with E-state index in [1.165, 1.54) is 44.3 Å². The molecule has 0 bridgehead atoms. The highest BCUT2D eigenvalue weighted by Gasteiger charge is 2.35. The van der Waals surface area contributed by atoms with Gasteiger partial charge in [-0.1, -0.05) is 54.6 Å². The highest BCUT2D eigenvalue weighted by atomic mass is 32.2. The fourth-order valence-corrected chi connectivity index (χ4v) is 5.32. The monoisotopic (exact) mass is 584 g/mol. The molecule has 1 atom stereocenters. The van der Waals surface area contributed by atoms with Crippen molar-refractivity contribution in [3.8, 4) is 5.75 Å². The van der Waals surface area contributed by atoms with Crippen molar-refractivity contribution in [1.29, 1.82) is 0 Å². The van der Waals surface area contributed by atoms with E-state index >= 15 is 0 Å². The molecular weight excluding hydrogens is 547 g/mol. The van der Waals surface area contributed by atoms with Gasteiger partial charge in [-0.2, -0.15) is 12.7 Å². The number of nitrogens with zero attached hydrogens (tertiary/aromatic N) is 3. The van der Waals surface area contributed by atoms with Crippen molar-refractivity contribution in [1.82, 2.24) is 14.5 Å². The maximum atomic E-state index is 14.9. The molecule has 0 aliphatic carbocycles. The van der Waals surface area contributed by atoms with Gasteiger partial charge in [0.25, 0.3) is 0 Å². The summed E-state index contributed by atoms with van der Waals surface area (Å²) < 4.78 is 48.6. The maximum absolute atomic E-state index is 14.9. The first-order valence-corrected chi connectivity index (χ1v) is 14.5. The van der Waals surface area contributed by atoms with Gasteiger partial charge in [0, 0.05) is 33.1 Å². The van der Waals surface area contributed by atoms with Crippen molar-refractivity contribution in [2.24, 2.45) is 0 Å². The highest BCUT2D eigenvalue weighted by Crippen LogP contribution is 2.25. The van der Waals surface area contributed by atoms with Crippen molar-refractivity contribution >= 4 is 27.7 Å². The van der Waals surface area contributed by atoms with Crippen LogP contribution in [0.15, 0.2) is 78.9 Å². The van der Waals surface area contributed by atoms with Crippen LogP contribution in [0.4, 0.5) is 10.1 Å². The van der Waals surface area contributed by atoms with Gasteiger partial charge in [0.2, 0.25) is 11.8 Å². The van der Waals surface area contributed by atoms with Gasteiger partial charge >= 0.3 is 10.2 Å². The number of anilines is 1. The first-order chi connectivity index (χ1) is 19.4. The maximum Gasteiger partial charge on any atom is 0.304 e. The van der Waals surface area contributed by atoms with E-state index < -0.39 is 40.4 Å². The summed E-state index contributed by atoms with van der Waals surface area (Å²) in [5, 5.41) is 2.89. The van der Waals surface area contributed by atoms with Gasteiger partial charge < -0.3 is 15.0 Å². The third-order valence-electron chi connectivity index (χ3n) is 6.33. The lowest BCUT2D eigenvalue weighted by Gasteiger charge is -2.34. The Kier molecular flexibility index (Phi) is 10.8. The first-order valence-electron chi connectivity index (χ1n) is 13.2. The number of amides is 2. The zero-order chi connectivity index (χ0) is 30.2. The van der Waals surface area contributed by atoms with Crippen LogP contribution in [0.5, 0.6) is 5.75 Å². The van der Waals surface area contributed by atoms with Crippen LogP contribution in [0.3, 0.4) is 0 Å². The lowest BCUT2D eigenvalue weighted by Crippen LogP contribution is -2.55. The summed E-state index contributed by atoms with van der Waals surface area (Å²) >= 11 is 0. The van der Waals surface area contributed by atoms with Crippen molar-refractivity contribution in [2.75, 3.05) is 32.1 Å². The van der Waals surface area contributed by atoms with Crippen molar-refractivity contribution in [3.63, 3.8) is 0 Å². The molecule has 11 heteroatoms. The standard InChI is InChI=1S/C30H37FN4O5S/c1-22(2)32-30(37)28(19-23-12-7-6-8-13-23)34(20-24-14-11-15-25(18-24)40-5)29(36)21-35(41(38,39)33(3)4)27-17-10-9-16-26(27)31/h6-18,22,28H,19-21H2,1-5H3,(H,32,37)/t28-/m1/s1. The number of methoxy groups -OCH3 is 1. The molecule has 0 unspecified atom stereocenters. The predicted octanol–water partition coefficient (Wildman–Crippen LogP) is 3.61. The zero-order valence-electron chi connectivity index (χ0n) is 24.0. The Bertz CT molecular complexity index is 1430. The number of rotatable bonds is 13. The van der Waals surface area contributed by atoms with Gasteiger partial charge in [0.1, 0.15) is 24.2 Å². The number of hydrogen-bond donors (Lipinski definition) is 1. The van der Waals surface area contributed by atoms with Gasteiger partial charge in [0.05, 0.1) is 12.8 Å². The van der Waals surface area contributed by atoms with Crippen LogP contribution in [0, 0.1) is 5.82 Å². The number of ether oxygens (including phenoxy) is 1. The number of halogens is 1. The molecule has 3 aromatic rings. The molecule has 0 saturated carbocycles. The summed E-state index contributed by atoms with van der Waals surface area (Å²) in [5.74, 6) is -1.32. The summed E-state index contributed by atoms with van der Waals surface area (Å²) in [4.78, 5) is 29.1. The molecule has 0 aliphatic rings. The second-order valence-electron chi connectivity index (χ2n) is 9.99. The molecule has 2 amide bonds. The molecule has 0 fully saturated rings. The molecule has 0 aromatic heterocycles. The number of para-hydroxylation sites is 1. The Morgan fingerprint density at radius 3 is 2.17 bits per heavy atom. The SMILES string of the molecule is COc1cccc(CN(C(=O)CN(c2ccccc2F)S(=O)(=O)N(C)C)[C@H](Cc2ccccc2)C(=O)NC(C)C)c1. The van der Waals surface area contributed by atoms with Gasteiger partial charge in [-0.15, -0.1) is 0 Å². The Morgan fingerprint density at radius 1 is 0.927 bits per heavy atom. The summed E-state index contributed by atoms with van der Waals surface area (Å²) in [6.07, 6.45) is 0.176. The summed E-state index contributed by atoms with van der Waals surface area (Å²) in [6.45, 7) is 2.88. The van der Waals surface area contributed by atoms with Gasteiger partial charge in [-0.3, -0.25) is 9.59 Å². The molecular formula is C30H37FN4O5S. The average molecular weight is 585 g/mol. The van der Waals surface area contributed by atoms with Crippen LogP contribution in [-0.2, 0) is 32.8 Å². The number of carbonyl (C=O) groups excluding carboxylic acids is 2. The van der Waals surface area contributed by atoms with E-state index in [1.54, 1.807) is 24.3 Å². The lowest BCUT2D eigenvalue weighted by molar-refractivity contribution is -0.140. The molecule has 1 N–H and O–H groups in total. The van der Waals surface area contributed by atoms with Crippen molar-refractivity contribution in [3.05, 3.63) is 95.8 Å². The molecule has 41 heavy (non-hydrogen) atoms. The number of carbonyl (C=O) groups is 2. The minimum Gasteiger partial charge on any atom is -0.497 e. The Morgan fingerprint density at radius 2 is 1.56 bits per heavy atom.